The molecule has 7 heteroatoms. The smallest absolute Gasteiger partial charge is 0.275 e. The van der Waals surface area contributed by atoms with Crippen molar-refractivity contribution in [1.82, 2.24) is 14.6 Å². The molecule has 0 spiro atoms. The molecule has 1 aliphatic heterocycles. The quantitative estimate of drug-likeness (QED) is 0.706. The van der Waals surface area contributed by atoms with Crippen LogP contribution < -0.4 is 10.5 Å². The average molecular weight is 370 g/mol. The van der Waals surface area contributed by atoms with Crippen LogP contribution >= 0.6 is 11.3 Å². The van der Waals surface area contributed by atoms with Gasteiger partial charge in [0.05, 0.1) is 12.6 Å². The van der Waals surface area contributed by atoms with Crippen LogP contribution in [0.2, 0.25) is 0 Å². The average Bonchev–Trinajstić information content (AvgIpc) is 3.07. The van der Waals surface area contributed by atoms with E-state index in [1.807, 2.05) is 18.2 Å². The first-order chi connectivity index (χ1) is 12.6. The van der Waals surface area contributed by atoms with Crippen molar-refractivity contribution in [3.05, 3.63) is 58.0 Å². The highest BCUT2D eigenvalue weighted by Crippen LogP contribution is 2.30. The molecule has 0 radical (unpaired) electrons. The lowest BCUT2D eigenvalue weighted by atomic mass is 10.1. The van der Waals surface area contributed by atoms with Crippen LogP contribution in [0, 0.1) is 0 Å². The number of anilines is 1. The molecule has 0 saturated carbocycles. The third-order valence-electron chi connectivity index (χ3n) is 4.50. The zero-order valence-electron chi connectivity index (χ0n) is 15.0. The Kier molecular flexibility index (Phi) is 4.74. The number of aryl methyl sites for hydroxylation is 1. The Morgan fingerprint density at radius 2 is 2.08 bits per heavy atom. The van der Waals surface area contributed by atoms with Crippen LogP contribution in [-0.4, -0.2) is 33.8 Å². The number of aromatic nitrogens is 3. The second-order valence-corrected chi connectivity index (χ2v) is 7.60. The van der Waals surface area contributed by atoms with E-state index < -0.39 is 0 Å². The van der Waals surface area contributed by atoms with E-state index in [2.05, 4.69) is 41.0 Å². The van der Waals surface area contributed by atoms with Gasteiger partial charge in [-0.05, 0) is 18.9 Å². The lowest BCUT2D eigenvalue weighted by molar-refractivity contribution is -0.0174. The van der Waals surface area contributed by atoms with Gasteiger partial charge in [-0.3, -0.25) is 4.79 Å². The number of nitrogens with zero attached hydrogens (tertiary/aromatic N) is 4. The van der Waals surface area contributed by atoms with E-state index in [4.69, 9.17) is 4.74 Å². The summed E-state index contributed by atoms with van der Waals surface area (Å²) in [4.78, 5) is 19.8. The minimum atomic E-state index is -0.109. The van der Waals surface area contributed by atoms with Gasteiger partial charge in [-0.2, -0.15) is 4.52 Å². The second kappa shape index (κ2) is 7.17. The van der Waals surface area contributed by atoms with Gasteiger partial charge in [0.15, 0.2) is 0 Å². The van der Waals surface area contributed by atoms with Gasteiger partial charge >= 0.3 is 0 Å². The third-order valence-corrected chi connectivity index (χ3v) is 5.46. The van der Waals surface area contributed by atoms with Gasteiger partial charge in [0.1, 0.15) is 6.10 Å². The van der Waals surface area contributed by atoms with E-state index in [9.17, 15) is 4.79 Å². The lowest BCUT2D eigenvalue weighted by Crippen LogP contribution is -2.43. The summed E-state index contributed by atoms with van der Waals surface area (Å²) in [6, 6.07) is 11.8. The number of hydrogen-bond donors (Lipinski definition) is 0. The van der Waals surface area contributed by atoms with Crippen molar-refractivity contribution in [3.63, 3.8) is 0 Å². The van der Waals surface area contributed by atoms with Gasteiger partial charge in [0, 0.05) is 18.3 Å². The Morgan fingerprint density at radius 1 is 1.27 bits per heavy atom. The van der Waals surface area contributed by atoms with Crippen molar-refractivity contribution in [2.45, 2.75) is 38.9 Å². The van der Waals surface area contributed by atoms with Crippen LogP contribution in [0.5, 0.6) is 0 Å². The largest absolute Gasteiger partial charge is 0.367 e. The summed E-state index contributed by atoms with van der Waals surface area (Å²) in [5, 5.41) is 5.35. The fourth-order valence-corrected chi connectivity index (χ4v) is 4.26. The van der Waals surface area contributed by atoms with Gasteiger partial charge in [-0.25, -0.2) is 4.98 Å². The van der Waals surface area contributed by atoms with Crippen molar-refractivity contribution in [1.29, 1.82) is 0 Å². The van der Waals surface area contributed by atoms with E-state index in [1.54, 1.807) is 6.07 Å². The molecule has 1 aliphatic rings. The standard InChI is InChI=1S/C19H22N4O2S/c1-3-7-15-10-17(24)23-18(20-15)26-19(21-23)22-11-13(2)25-16(12-22)14-8-5-4-6-9-14/h4-6,8-10,13,16H,3,7,11-12H2,1-2H3. The molecule has 0 amide bonds. The van der Waals surface area contributed by atoms with Crippen LogP contribution in [0.25, 0.3) is 4.96 Å². The van der Waals surface area contributed by atoms with Gasteiger partial charge in [-0.1, -0.05) is 55.0 Å². The number of fused-ring (bicyclic) bond motifs is 1. The van der Waals surface area contributed by atoms with Gasteiger partial charge in [0.2, 0.25) is 10.1 Å². The Hall–Kier alpha value is -2.25. The summed E-state index contributed by atoms with van der Waals surface area (Å²) in [5.74, 6) is 0. The van der Waals surface area contributed by atoms with Crippen LogP contribution in [-0.2, 0) is 11.2 Å². The SMILES string of the molecule is CCCc1cc(=O)n2nc(N3CC(C)OC(c4ccccc4)C3)sc2n1. The number of ether oxygens (including phenoxy) is 1. The topological polar surface area (TPSA) is 59.7 Å². The van der Waals surface area contributed by atoms with Crippen molar-refractivity contribution < 1.29 is 4.74 Å². The van der Waals surface area contributed by atoms with E-state index in [0.717, 1.165) is 35.8 Å². The summed E-state index contributed by atoms with van der Waals surface area (Å²) in [6.07, 6.45) is 1.85. The highest BCUT2D eigenvalue weighted by molar-refractivity contribution is 7.20. The molecule has 3 heterocycles. The normalized spacial score (nSPS) is 20.6. The molecule has 2 unspecified atom stereocenters. The van der Waals surface area contributed by atoms with Crippen molar-refractivity contribution >= 4 is 21.4 Å². The molecule has 4 rings (SSSR count). The van der Waals surface area contributed by atoms with Crippen molar-refractivity contribution in [2.24, 2.45) is 0 Å². The summed E-state index contributed by atoms with van der Waals surface area (Å²) in [6.45, 7) is 5.62. The first kappa shape index (κ1) is 17.2. The predicted molar refractivity (Wildman–Crippen MR) is 103 cm³/mol. The van der Waals surface area contributed by atoms with Gasteiger partial charge < -0.3 is 9.64 Å². The zero-order valence-corrected chi connectivity index (χ0v) is 15.8. The molecular formula is C19H22N4O2S. The van der Waals surface area contributed by atoms with Crippen LogP contribution in [0.15, 0.2) is 41.2 Å². The first-order valence-corrected chi connectivity index (χ1v) is 9.81. The first-order valence-electron chi connectivity index (χ1n) is 8.99. The Labute approximate surface area is 156 Å². The Balaban J connectivity index is 1.65. The molecule has 3 aromatic rings. The van der Waals surface area contributed by atoms with E-state index in [-0.39, 0.29) is 17.8 Å². The van der Waals surface area contributed by atoms with Gasteiger partial charge in [-0.15, -0.1) is 5.10 Å². The Bertz CT molecular complexity index is 953. The maximum Gasteiger partial charge on any atom is 0.275 e. The number of benzene rings is 1. The lowest BCUT2D eigenvalue weighted by Gasteiger charge is -2.36. The summed E-state index contributed by atoms with van der Waals surface area (Å²) >= 11 is 1.47. The Morgan fingerprint density at radius 3 is 2.85 bits per heavy atom. The fraction of sp³-hybridized carbons (Fsp3) is 0.421. The highest BCUT2D eigenvalue weighted by Gasteiger charge is 2.28. The zero-order chi connectivity index (χ0) is 18.1. The molecule has 0 aliphatic carbocycles. The number of hydrogen-bond acceptors (Lipinski definition) is 6. The molecule has 6 nitrogen and oxygen atoms in total. The maximum atomic E-state index is 12.3. The van der Waals surface area contributed by atoms with E-state index in [1.165, 1.54) is 15.9 Å². The summed E-state index contributed by atoms with van der Waals surface area (Å²) in [7, 11) is 0. The third kappa shape index (κ3) is 3.37. The molecule has 1 saturated heterocycles. The van der Waals surface area contributed by atoms with Gasteiger partial charge in [0.25, 0.3) is 5.56 Å². The molecular weight excluding hydrogens is 348 g/mol. The minimum absolute atomic E-state index is 0.00713. The number of morpholine rings is 1. The maximum absolute atomic E-state index is 12.3. The highest BCUT2D eigenvalue weighted by atomic mass is 32.1. The van der Waals surface area contributed by atoms with Crippen LogP contribution in [0.3, 0.4) is 0 Å². The molecule has 0 N–H and O–H groups in total. The molecule has 1 aromatic carbocycles. The molecule has 2 aromatic heterocycles. The van der Waals surface area contributed by atoms with Crippen molar-refractivity contribution in [2.75, 3.05) is 18.0 Å². The van der Waals surface area contributed by atoms with Crippen molar-refractivity contribution in [3.8, 4) is 0 Å². The van der Waals surface area contributed by atoms with E-state index in [0.29, 0.717) is 11.5 Å². The molecule has 2 atom stereocenters. The molecule has 1 fully saturated rings. The van der Waals surface area contributed by atoms with Crippen LogP contribution in [0.4, 0.5) is 5.13 Å². The monoisotopic (exact) mass is 370 g/mol. The number of rotatable bonds is 4. The summed E-state index contributed by atoms with van der Waals surface area (Å²) in [5.41, 5.74) is 1.89. The summed E-state index contributed by atoms with van der Waals surface area (Å²) < 4.78 is 7.54. The van der Waals surface area contributed by atoms with E-state index >= 15 is 0 Å². The minimum Gasteiger partial charge on any atom is -0.367 e. The molecule has 0 bridgehead atoms. The molecule has 136 valence electrons. The van der Waals surface area contributed by atoms with Crippen LogP contribution in [0.1, 0.15) is 37.6 Å². The second-order valence-electron chi connectivity index (χ2n) is 6.67. The molecule has 26 heavy (non-hydrogen) atoms. The predicted octanol–water partition coefficient (Wildman–Crippen LogP) is 3.07. The fourth-order valence-electron chi connectivity index (χ4n) is 3.32.